The van der Waals surface area contributed by atoms with Crippen molar-refractivity contribution in [2.45, 2.75) is 26.8 Å². The normalized spacial score (nSPS) is 13.2. The van der Waals surface area contributed by atoms with Crippen LogP contribution in [0.2, 0.25) is 0 Å². The Morgan fingerprint density at radius 1 is 1.25 bits per heavy atom. The first kappa shape index (κ1) is 14.1. The highest BCUT2D eigenvalue weighted by molar-refractivity contribution is 6.06. The molecule has 0 radical (unpaired) electrons. The van der Waals surface area contributed by atoms with Crippen LogP contribution in [-0.4, -0.2) is 28.0 Å². The summed E-state index contributed by atoms with van der Waals surface area (Å²) in [6.45, 7) is 5.34. The highest BCUT2D eigenvalue weighted by atomic mass is 16.4. The number of carboxylic acids is 1. The second kappa shape index (κ2) is 5.00. The fourth-order valence-electron chi connectivity index (χ4n) is 2.13. The first-order valence-electron chi connectivity index (χ1n) is 6.40. The van der Waals surface area contributed by atoms with Crippen molar-refractivity contribution in [2.75, 3.05) is 0 Å². The highest BCUT2D eigenvalue weighted by Gasteiger charge is 2.33. The van der Waals surface area contributed by atoms with Crippen molar-refractivity contribution in [1.29, 1.82) is 0 Å². The lowest BCUT2D eigenvalue weighted by molar-refractivity contribution is -0.142. The Hall–Kier alpha value is -2.30. The van der Waals surface area contributed by atoms with E-state index in [9.17, 15) is 14.7 Å². The molecule has 1 atom stereocenters. The van der Waals surface area contributed by atoms with E-state index in [1.54, 1.807) is 39.1 Å². The molecule has 0 aliphatic heterocycles. The zero-order valence-corrected chi connectivity index (χ0v) is 11.7. The summed E-state index contributed by atoms with van der Waals surface area (Å²) in [6, 6.07) is 6.26. The molecule has 1 aromatic heterocycles. The number of amides is 1. The number of nitrogens with one attached hydrogen (secondary N) is 2. The molecule has 0 bridgehead atoms. The van der Waals surface area contributed by atoms with Gasteiger partial charge in [0.05, 0.1) is 11.1 Å². The van der Waals surface area contributed by atoms with Crippen LogP contribution >= 0.6 is 0 Å². The lowest BCUT2D eigenvalue weighted by Gasteiger charge is -2.27. The zero-order valence-electron chi connectivity index (χ0n) is 11.7. The average Bonchev–Trinajstić information content (AvgIpc) is 2.81. The quantitative estimate of drug-likeness (QED) is 0.803. The minimum Gasteiger partial charge on any atom is -0.480 e. The topological polar surface area (TPSA) is 82.2 Å². The molecule has 3 N–H and O–H groups in total. The minimum absolute atomic E-state index is 0.389. The molecule has 0 aliphatic carbocycles. The summed E-state index contributed by atoms with van der Waals surface area (Å²) >= 11 is 0. The van der Waals surface area contributed by atoms with Crippen LogP contribution in [0.1, 0.15) is 31.1 Å². The second-order valence-corrected chi connectivity index (χ2v) is 5.86. The van der Waals surface area contributed by atoms with Crippen molar-refractivity contribution in [2.24, 2.45) is 5.41 Å². The van der Waals surface area contributed by atoms with Gasteiger partial charge in [-0.15, -0.1) is 0 Å². The number of aliphatic carboxylic acids is 1. The molecule has 0 fully saturated rings. The summed E-state index contributed by atoms with van der Waals surface area (Å²) in [4.78, 5) is 26.6. The monoisotopic (exact) mass is 274 g/mol. The van der Waals surface area contributed by atoms with E-state index in [-0.39, 0.29) is 5.91 Å². The molecule has 2 rings (SSSR count). The standard InChI is InChI=1S/C15H18N2O3/c1-15(2,3)12(14(19)20)17-13(18)10-6-4-5-9-7-8-16-11(9)10/h4-8,12,16H,1-3H3,(H,17,18)(H,19,20). The number of carbonyl (C=O) groups is 2. The van der Waals surface area contributed by atoms with Crippen LogP contribution in [0.5, 0.6) is 0 Å². The largest absolute Gasteiger partial charge is 0.480 e. The summed E-state index contributed by atoms with van der Waals surface area (Å²) in [6.07, 6.45) is 1.75. The van der Waals surface area contributed by atoms with Crippen LogP contribution in [0.25, 0.3) is 10.9 Å². The van der Waals surface area contributed by atoms with Crippen molar-refractivity contribution >= 4 is 22.8 Å². The van der Waals surface area contributed by atoms with E-state index < -0.39 is 17.4 Å². The molecule has 1 amide bonds. The van der Waals surface area contributed by atoms with Crippen molar-refractivity contribution in [3.63, 3.8) is 0 Å². The van der Waals surface area contributed by atoms with E-state index in [4.69, 9.17) is 0 Å². The Balaban J connectivity index is 2.32. The molecule has 0 saturated heterocycles. The molecule has 1 aromatic carbocycles. The maximum atomic E-state index is 12.3. The van der Waals surface area contributed by atoms with E-state index in [1.165, 1.54) is 0 Å². The number of para-hydroxylation sites is 1. The summed E-state index contributed by atoms with van der Waals surface area (Å²) in [5.74, 6) is -1.43. The van der Waals surface area contributed by atoms with E-state index in [1.807, 2.05) is 12.1 Å². The average molecular weight is 274 g/mol. The number of hydrogen-bond donors (Lipinski definition) is 3. The Morgan fingerprint density at radius 3 is 2.55 bits per heavy atom. The fourth-order valence-corrected chi connectivity index (χ4v) is 2.13. The summed E-state index contributed by atoms with van der Waals surface area (Å²) in [5.41, 5.74) is 0.594. The number of benzene rings is 1. The summed E-state index contributed by atoms with van der Waals surface area (Å²) in [7, 11) is 0. The van der Waals surface area contributed by atoms with Gasteiger partial charge in [0.15, 0.2) is 0 Å². The number of aromatic amines is 1. The Morgan fingerprint density at radius 2 is 1.95 bits per heavy atom. The van der Waals surface area contributed by atoms with Crippen LogP contribution in [0.4, 0.5) is 0 Å². The number of aromatic nitrogens is 1. The van der Waals surface area contributed by atoms with Gasteiger partial charge >= 0.3 is 5.97 Å². The Labute approximate surface area is 117 Å². The third-order valence-electron chi connectivity index (χ3n) is 3.22. The molecule has 106 valence electrons. The third kappa shape index (κ3) is 2.66. The molecule has 0 aliphatic rings. The predicted molar refractivity (Wildman–Crippen MR) is 76.6 cm³/mol. The molecular formula is C15H18N2O3. The number of rotatable bonds is 3. The smallest absolute Gasteiger partial charge is 0.326 e. The first-order valence-corrected chi connectivity index (χ1v) is 6.40. The van der Waals surface area contributed by atoms with Crippen LogP contribution in [0.3, 0.4) is 0 Å². The van der Waals surface area contributed by atoms with Crippen molar-refractivity contribution in [3.05, 3.63) is 36.0 Å². The van der Waals surface area contributed by atoms with Gasteiger partial charge in [0.2, 0.25) is 0 Å². The second-order valence-electron chi connectivity index (χ2n) is 5.86. The molecule has 1 unspecified atom stereocenters. The molecule has 1 heterocycles. The van der Waals surface area contributed by atoms with Crippen molar-refractivity contribution in [1.82, 2.24) is 10.3 Å². The molecular weight excluding hydrogens is 256 g/mol. The highest BCUT2D eigenvalue weighted by Crippen LogP contribution is 2.21. The summed E-state index contributed by atoms with van der Waals surface area (Å²) in [5, 5.41) is 12.8. The van der Waals surface area contributed by atoms with Crippen molar-refractivity contribution < 1.29 is 14.7 Å². The maximum absolute atomic E-state index is 12.3. The number of carboxylic acid groups (broad SMARTS) is 1. The zero-order chi connectivity index (χ0) is 14.9. The van der Waals surface area contributed by atoms with Crippen LogP contribution in [-0.2, 0) is 4.79 Å². The number of carbonyl (C=O) groups excluding carboxylic acids is 1. The van der Waals surface area contributed by atoms with E-state index in [0.29, 0.717) is 11.1 Å². The van der Waals surface area contributed by atoms with Gasteiger partial charge in [0.25, 0.3) is 5.91 Å². The Bertz CT molecular complexity index is 652. The van der Waals surface area contributed by atoms with E-state index in [0.717, 1.165) is 5.39 Å². The van der Waals surface area contributed by atoms with Gasteiger partial charge < -0.3 is 15.4 Å². The minimum atomic E-state index is -1.04. The molecule has 0 spiro atoms. The lowest BCUT2D eigenvalue weighted by Crippen LogP contribution is -2.49. The first-order chi connectivity index (χ1) is 9.30. The van der Waals surface area contributed by atoms with Gasteiger partial charge in [0.1, 0.15) is 6.04 Å². The van der Waals surface area contributed by atoms with Crippen LogP contribution in [0, 0.1) is 5.41 Å². The number of hydrogen-bond acceptors (Lipinski definition) is 2. The van der Waals surface area contributed by atoms with Crippen LogP contribution < -0.4 is 5.32 Å². The van der Waals surface area contributed by atoms with E-state index >= 15 is 0 Å². The van der Waals surface area contributed by atoms with Gasteiger partial charge in [0, 0.05) is 11.6 Å². The molecule has 20 heavy (non-hydrogen) atoms. The molecule has 5 nitrogen and oxygen atoms in total. The fraction of sp³-hybridized carbons (Fsp3) is 0.333. The van der Waals surface area contributed by atoms with Gasteiger partial charge in [-0.05, 0) is 17.5 Å². The predicted octanol–water partition coefficient (Wildman–Crippen LogP) is 2.40. The van der Waals surface area contributed by atoms with Gasteiger partial charge in [-0.1, -0.05) is 32.9 Å². The molecule has 0 saturated carbocycles. The lowest BCUT2D eigenvalue weighted by atomic mass is 9.86. The van der Waals surface area contributed by atoms with Crippen LogP contribution in [0.15, 0.2) is 30.5 Å². The SMILES string of the molecule is CC(C)(C)C(NC(=O)c1cccc2cc[nH]c12)C(=O)O. The number of H-pyrrole nitrogens is 1. The van der Waals surface area contributed by atoms with Crippen molar-refractivity contribution in [3.8, 4) is 0 Å². The van der Waals surface area contributed by atoms with Gasteiger partial charge in [-0.3, -0.25) is 4.79 Å². The van der Waals surface area contributed by atoms with E-state index in [2.05, 4.69) is 10.3 Å². The Kier molecular flexibility index (Phi) is 3.53. The maximum Gasteiger partial charge on any atom is 0.326 e. The third-order valence-corrected chi connectivity index (χ3v) is 3.22. The van der Waals surface area contributed by atoms with Gasteiger partial charge in [-0.25, -0.2) is 4.79 Å². The van der Waals surface area contributed by atoms with Gasteiger partial charge in [-0.2, -0.15) is 0 Å². The summed E-state index contributed by atoms with van der Waals surface area (Å²) < 4.78 is 0. The molecule has 2 aromatic rings. The number of fused-ring (bicyclic) bond motifs is 1. The molecule has 5 heteroatoms.